The average Bonchev–Trinajstić information content (AvgIpc) is 2.40. The summed E-state index contributed by atoms with van der Waals surface area (Å²) in [6.07, 6.45) is -0.694. The highest BCUT2D eigenvalue weighted by atomic mass is 16.5. The Bertz CT molecular complexity index is 405. The van der Waals surface area contributed by atoms with Gasteiger partial charge in [0.25, 0.3) is 5.91 Å². The third-order valence-corrected chi connectivity index (χ3v) is 2.46. The molecule has 0 radical (unpaired) electrons. The monoisotopic (exact) mass is 254 g/mol. The summed E-state index contributed by atoms with van der Waals surface area (Å²) in [4.78, 5) is 11.8. The molecule has 1 amide bonds. The predicted molar refractivity (Wildman–Crippen MR) is 68.0 cm³/mol. The van der Waals surface area contributed by atoms with E-state index in [-0.39, 0.29) is 12.5 Å². The number of carbonyl (C=O) groups is 1. The molecule has 3 N–H and O–H groups in total. The van der Waals surface area contributed by atoms with Gasteiger partial charge in [-0.1, -0.05) is 0 Å². The fourth-order valence-electron chi connectivity index (χ4n) is 1.44. The number of amides is 1. The fraction of sp³-hybridized carbons (Fsp3) is 0.417. The molecule has 1 atom stereocenters. The fourth-order valence-corrected chi connectivity index (χ4v) is 1.44. The first kappa shape index (κ1) is 14.3. The van der Waals surface area contributed by atoms with Crippen molar-refractivity contribution in [2.45, 2.75) is 6.10 Å². The van der Waals surface area contributed by atoms with Gasteiger partial charge in [-0.25, -0.2) is 0 Å². The Balaban J connectivity index is 2.91. The summed E-state index contributed by atoms with van der Waals surface area (Å²) in [6.45, 7) is 0.106. The second-order valence-electron chi connectivity index (χ2n) is 3.52. The summed E-state index contributed by atoms with van der Waals surface area (Å²) < 4.78 is 15.2. The molecule has 0 spiro atoms. The standard InChI is InChI=1S/C12H18N2O4/c1-16-8-4-5-10(17-2)9(6-8)14-12(15)11(7-13)18-3/h4-6,11H,7,13H2,1-3H3,(H,14,15). The van der Waals surface area contributed by atoms with E-state index in [1.54, 1.807) is 25.3 Å². The summed E-state index contributed by atoms with van der Waals surface area (Å²) in [5.74, 6) is 0.829. The molecular formula is C12H18N2O4. The SMILES string of the molecule is COc1ccc(OC)c(NC(=O)C(CN)OC)c1. The molecule has 100 valence electrons. The summed E-state index contributed by atoms with van der Waals surface area (Å²) in [6, 6.07) is 5.11. The molecule has 0 aromatic heterocycles. The summed E-state index contributed by atoms with van der Waals surface area (Å²) >= 11 is 0. The first-order valence-electron chi connectivity index (χ1n) is 5.42. The average molecular weight is 254 g/mol. The number of nitrogens with one attached hydrogen (secondary N) is 1. The lowest BCUT2D eigenvalue weighted by molar-refractivity contribution is -0.125. The minimum Gasteiger partial charge on any atom is -0.497 e. The molecule has 0 aliphatic heterocycles. The van der Waals surface area contributed by atoms with Gasteiger partial charge in [0.05, 0.1) is 19.9 Å². The molecule has 0 fully saturated rings. The topological polar surface area (TPSA) is 82.8 Å². The smallest absolute Gasteiger partial charge is 0.254 e. The molecule has 0 saturated carbocycles. The summed E-state index contributed by atoms with van der Waals surface area (Å²) in [5, 5.41) is 2.69. The van der Waals surface area contributed by atoms with E-state index in [9.17, 15) is 4.79 Å². The van der Waals surface area contributed by atoms with Crippen molar-refractivity contribution in [1.82, 2.24) is 0 Å². The van der Waals surface area contributed by atoms with Crippen molar-refractivity contribution in [2.24, 2.45) is 5.73 Å². The maximum Gasteiger partial charge on any atom is 0.254 e. The molecule has 0 saturated heterocycles. The molecule has 1 aromatic rings. The zero-order valence-electron chi connectivity index (χ0n) is 10.7. The minimum atomic E-state index is -0.694. The van der Waals surface area contributed by atoms with Gasteiger partial charge in [-0.15, -0.1) is 0 Å². The van der Waals surface area contributed by atoms with E-state index in [1.165, 1.54) is 14.2 Å². The van der Waals surface area contributed by atoms with Gasteiger partial charge in [-0.3, -0.25) is 4.79 Å². The Labute approximate surface area is 106 Å². The van der Waals surface area contributed by atoms with Crippen LogP contribution in [0.2, 0.25) is 0 Å². The van der Waals surface area contributed by atoms with Crippen LogP contribution in [0.5, 0.6) is 11.5 Å². The molecular weight excluding hydrogens is 236 g/mol. The van der Waals surface area contributed by atoms with Crippen LogP contribution in [0, 0.1) is 0 Å². The second kappa shape index (κ2) is 6.83. The Hall–Kier alpha value is -1.79. The van der Waals surface area contributed by atoms with E-state index in [0.29, 0.717) is 17.2 Å². The van der Waals surface area contributed by atoms with Gasteiger partial charge in [0, 0.05) is 19.7 Å². The summed E-state index contributed by atoms with van der Waals surface area (Å²) in [7, 11) is 4.50. The number of methoxy groups -OCH3 is 3. The maximum atomic E-state index is 11.8. The van der Waals surface area contributed by atoms with Crippen LogP contribution in [-0.4, -0.2) is 39.9 Å². The van der Waals surface area contributed by atoms with Crippen LogP contribution in [0.15, 0.2) is 18.2 Å². The number of ether oxygens (including phenoxy) is 3. The van der Waals surface area contributed by atoms with Gasteiger partial charge < -0.3 is 25.3 Å². The van der Waals surface area contributed by atoms with Crippen molar-refractivity contribution >= 4 is 11.6 Å². The van der Waals surface area contributed by atoms with Crippen molar-refractivity contribution in [3.8, 4) is 11.5 Å². The highest BCUT2D eigenvalue weighted by Gasteiger charge is 2.17. The molecule has 6 heteroatoms. The highest BCUT2D eigenvalue weighted by molar-refractivity contribution is 5.95. The zero-order valence-corrected chi connectivity index (χ0v) is 10.7. The third kappa shape index (κ3) is 3.35. The van der Waals surface area contributed by atoms with Gasteiger partial charge in [0.1, 0.15) is 17.6 Å². The van der Waals surface area contributed by atoms with E-state index in [1.807, 2.05) is 0 Å². The lowest BCUT2D eigenvalue weighted by atomic mass is 10.2. The van der Waals surface area contributed by atoms with Crippen LogP contribution in [-0.2, 0) is 9.53 Å². The number of carbonyl (C=O) groups excluding carboxylic acids is 1. The molecule has 1 rings (SSSR count). The van der Waals surface area contributed by atoms with E-state index < -0.39 is 6.10 Å². The number of benzene rings is 1. The van der Waals surface area contributed by atoms with E-state index in [4.69, 9.17) is 19.9 Å². The van der Waals surface area contributed by atoms with Crippen LogP contribution in [0.25, 0.3) is 0 Å². The van der Waals surface area contributed by atoms with E-state index in [2.05, 4.69) is 5.32 Å². The lowest BCUT2D eigenvalue weighted by Crippen LogP contribution is -2.36. The zero-order chi connectivity index (χ0) is 13.5. The number of hydrogen-bond donors (Lipinski definition) is 2. The maximum absolute atomic E-state index is 11.8. The van der Waals surface area contributed by atoms with Gasteiger partial charge in [-0.2, -0.15) is 0 Å². The van der Waals surface area contributed by atoms with Crippen molar-refractivity contribution < 1.29 is 19.0 Å². The van der Waals surface area contributed by atoms with Gasteiger partial charge in [0.15, 0.2) is 0 Å². The van der Waals surface area contributed by atoms with Crippen LogP contribution in [0.4, 0.5) is 5.69 Å². The van der Waals surface area contributed by atoms with Gasteiger partial charge >= 0.3 is 0 Å². The number of anilines is 1. The third-order valence-electron chi connectivity index (χ3n) is 2.46. The molecule has 1 unspecified atom stereocenters. The largest absolute Gasteiger partial charge is 0.497 e. The first-order valence-corrected chi connectivity index (χ1v) is 5.42. The number of hydrogen-bond acceptors (Lipinski definition) is 5. The lowest BCUT2D eigenvalue weighted by Gasteiger charge is -2.15. The quantitative estimate of drug-likeness (QED) is 0.777. The molecule has 18 heavy (non-hydrogen) atoms. The Morgan fingerprint density at radius 2 is 2.06 bits per heavy atom. The molecule has 1 aromatic carbocycles. The van der Waals surface area contributed by atoms with Crippen LogP contribution >= 0.6 is 0 Å². The molecule has 0 aliphatic rings. The summed E-state index contributed by atoms with van der Waals surface area (Å²) in [5.41, 5.74) is 5.93. The van der Waals surface area contributed by atoms with Crippen molar-refractivity contribution in [3.05, 3.63) is 18.2 Å². The normalized spacial score (nSPS) is 11.8. The van der Waals surface area contributed by atoms with Gasteiger partial charge in [-0.05, 0) is 12.1 Å². The number of nitrogens with two attached hydrogens (primary N) is 1. The minimum absolute atomic E-state index is 0.106. The Morgan fingerprint density at radius 1 is 1.33 bits per heavy atom. The molecule has 6 nitrogen and oxygen atoms in total. The second-order valence-corrected chi connectivity index (χ2v) is 3.52. The predicted octanol–water partition coefficient (Wildman–Crippen LogP) is 0.616. The first-order chi connectivity index (χ1) is 8.65. The van der Waals surface area contributed by atoms with Crippen LogP contribution < -0.4 is 20.5 Å². The molecule has 0 bridgehead atoms. The van der Waals surface area contributed by atoms with Crippen molar-refractivity contribution in [1.29, 1.82) is 0 Å². The van der Waals surface area contributed by atoms with E-state index >= 15 is 0 Å². The van der Waals surface area contributed by atoms with Crippen LogP contribution in [0.3, 0.4) is 0 Å². The van der Waals surface area contributed by atoms with Gasteiger partial charge in [0.2, 0.25) is 0 Å². The van der Waals surface area contributed by atoms with E-state index in [0.717, 1.165) is 0 Å². The molecule has 0 aliphatic carbocycles. The van der Waals surface area contributed by atoms with Crippen molar-refractivity contribution in [3.63, 3.8) is 0 Å². The van der Waals surface area contributed by atoms with Crippen LogP contribution in [0.1, 0.15) is 0 Å². The number of rotatable bonds is 6. The van der Waals surface area contributed by atoms with Crippen molar-refractivity contribution in [2.75, 3.05) is 33.2 Å². The Kier molecular flexibility index (Phi) is 5.41. The highest BCUT2D eigenvalue weighted by Crippen LogP contribution is 2.28. The molecule has 0 heterocycles. The Morgan fingerprint density at radius 3 is 2.56 bits per heavy atom.